The van der Waals surface area contributed by atoms with Crippen LogP contribution >= 0.6 is 0 Å². The molecule has 0 aliphatic rings. The van der Waals surface area contributed by atoms with Crippen molar-refractivity contribution >= 4 is 27.8 Å². The van der Waals surface area contributed by atoms with Gasteiger partial charge in [0, 0.05) is 28.9 Å². The molecule has 0 saturated heterocycles. The molecule has 5 rings (SSSR count). The van der Waals surface area contributed by atoms with E-state index in [-0.39, 0.29) is 28.9 Å². The SMILES string of the molecule is C[C@@H](Nc1c(Nc2ccc(O)c(-c3nccc4ccccc34)c2)c(=O)c1=O)c1cccc(O)c1. The summed E-state index contributed by atoms with van der Waals surface area (Å²) < 4.78 is 0. The molecular weight excluding hydrogens is 430 g/mol. The number of nitrogens with one attached hydrogen (secondary N) is 2. The summed E-state index contributed by atoms with van der Waals surface area (Å²) in [5, 5.41) is 28.2. The van der Waals surface area contributed by atoms with Crippen molar-refractivity contribution in [3.63, 3.8) is 0 Å². The second kappa shape index (κ2) is 8.37. The third-order valence-electron chi connectivity index (χ3n) is 5.84. The molecule has 0 unspecified atom stereocenters. The van der Waals surface area contributed by atoms with E-state index in [1.165, 1.54) is 6.07 Å². The molecule has 168 valence electrons. The lowest BCUT2D eigenvalue weighted by atomic mass is 10.0. The number of fused-ring (bicyclic) bond motifs is 1. The Bertz CT molecular complexity index is 1600. The third-order valence-corrected chi connectivity index (χ3v) is 5.84. The van der Waals surface area contributed by atoms with E-state index in [1.54, 1.807) is 36.5 Å². The van der Waals surface area contributed by atoms with Gasteiger partial charge >= 0.3 is 0 Å². The second-order valence-electron chi connectivity index (χ2n) is 8.11. The molecule has 1 aromatic heterocycles. The molecule has 4 N–H and O–H groups in total. The van der Waals surface area contributed by atoms with Crippen LogP contribution in [0.25, 0.3) is 22.0 Å². The molecule has 1 atom stereocenters. The van der Waals surface area contributed by atoms with Gasteiger partial charge in [-0.1, -0.05) is 36.4 Å². The van der Waals surface area contributed by atoms with Gasteiger partial charge in [0.1, 0.15) is 22.9 Å². The molecule has 0 aliphatic carbocycles. The first kappa shape index (κ1) is 21.2. The van der Waals surface area contributed by atoms with Crippen molar-refractivity contribution in [2.75, 3.05) is 10.6 Å². The van der Waals surface area contributed by atoms with Crippen LogP contribution in [-0.4, -0.2) is 15.2 Å². The highest BCUT2D eigenvalue weighted by Gasteiger charge is 2.23. The monoisotopic (exact) mass is 451 g/mol. The van der Waals surface area contributed by atoms with Crippen LogP contribution in [0.15, 0.2) is 88.6 Å². The topological polar surface area (TPSA) is 112 Å². The number of phenols is 2. The quantitative estimate of drug-likeness (QED) is 0.216. The van der Waals surface area contributed by atoms with Crippen LogP contribution in [0.3, 0.4) is 0 Å². The minimum atomic E-state index is -0.622. The molecule has 0 aliphatic heterocycles. The average Bonchev–Trinajstić information content (AvgIpc) is 2.86. The lowest BCUT2D eigenvalue weighted by Gasteiger charge is -2.20. The van der Waals surface area contributed by atoms with Crippen molar-refractivity contribution in [3.05, 3.63) is 105 Å². The number of nitrogens with zero attached hydrogens (tertiary/aromatic N) is 1. The van der Waals surface area contributed by atoms with Crippen molar-refractivity contribution < 1.29 is 10.2 Å². The molecular formula is C27H21N3O4. The van der Waals surface area contributed by atoms with Crippen LogP contribution in [-0.2, 0) is 0 Å². The van der Waals surface area contributed by atoms with E-state index in [2.05, 4.69) is 15.6 Å². The first-order valence-corrected chi connectivity index (χ1v) is 10.8. The number of phenolic OH excluding ortho intramolecular Hbond substituents is 2. The molecule has 0 saturated carbocycles. The molecule has 5 aromatic rings. The smallest absolute Gasteiger partial charge is 0.253 e. The van der Waals surface area contributed by atoms with Gasteiger partial charge in [0.2, 0.25) is 0 Å². The highest BCUT2D eigenvalue weighted by atomic mass is 16.3. The van der Waals surface area contributed by atoms with Gasteiger partial charge in [-0.15, -0.1) is 0 Å². The summed E-state index contributed by atoms with van der Waals surface area (Å²) in [6.45, 7) is 1.83. The number of anilines is 3. The first-order chi connectivity index (χ1) is 16.4. The predicted octanol–water partition coefficient (Wildman–Crippen LogP) is 4.83. The van der Waals surface area contributed by atoms with Crippen molar-refractivity contribution in [3.8, 4) is 22.8 Å². The second-order valence-corrected chi connectivity index (χ2v) is 8.11. The number of pyridine rings is 1. The summed E-state index contributed by atoms with van der Waals surface area (Å²) in [7, 11) is 0. The maximum Gasteiger partial charge on any atom is 0.253 e. The number of hydrogen-bond donors (Lipinski definition) is 4. The van der Waals surface area contributed by atoms with Crippen molar-refractivity contribution in [2.24, 2.45) is 0 Å². The summed E-state index contributed by atoms with van der Waals surface area (Å²) in [5.74, 6) is 0.170. The summed E-state index contributed by atoms with van der Waals surface area (Å²) in [5.41, 5.74) is 1.52. The van der Waals surface area contributed by atoms with E-state index in [4.69, 9.17) is 0 Å². The van der Waals surface area contributed by atoms with Crippen LogP contribution in [0.5, 0.6) is 11.5 Å². The van der Waals surface area contributed by atoms with Crippen LogP contribution in [0.4, 0.5) is 17.1 Å². The fraction of sp³-hybridized carbons (Fsp3) is 0.0741. The largest absolute Gasteiger partial charge is 0.508 e. The lowest BCUT2D eigenvalue weighted by Crippen LogP contribution is -2.37. The van der Waals surface area contributed by atoms with Crippen LogP contribution in [0.1, 0.15) is 18.5 Å². The summed E-state index contributed by atoms with van der Waals surface area (Å²) in [6.07, 6.45) is 1.68. The Morgan fingerprint density at radius 3 is 2.47 bits per heavy atom. The molecule has 0 fully saturated rings. The zero-order valence-electron chi connectivity index (χ0n) is 18.2. The Balaban J connectivity index is 1.47. The van der Waals surface area contributed by atoms with Gasteiger partial charge in [0.25, 0.3) is 10.9 Å². The molecule has 0 amide bonds. The minimum Gasteiger partial charge on any atom is -0.508 e. The molecule has 0 spiro atoms. The maximum absolute atomic E-state index is 12.3. The number of rotatable bonds is 6. The predicted molar refractivity (Wildman–Crippen MR) is 134 cm³/mol. The van der Waals surface area contributed by atoms with Gasteiger partial charge in [0.15, 0.2) is 0 Å². The number of benzene rings is 3. The molecule has 0 bridgehead atoms. The van der Waals surface area contributed by atoms with Gasteiger partial charge in [-0.2, -0.15) is 0 Å². The van der Waals surface area contributed by atoms with Gasteiger partial charge in [-0.3, -0.25) is 14.6 Å². The van der Waals surface area contributed by atoms with E-state index in [1.807, 2.05) is 43.3 Å². The molecule has 1 heterocycles. The average molecular weight is 451 g/mol. The molecule has 34 heavy (non-hydrogen) atoms. The van der Waals surface area contributed by atoms with Gasteiger partial charge in [-0.25, -0.2) is 0 Å². The molecule has 7 nitrogen and oxygen atoms in total. The fourth-order valence-electron chi connectivity index (χ4n) is 4.02. The van der Waals surface area contributed by atoms with Crippen molar-refractivity contribution in [1.82, 2.24) is 4.98 Å². The van der Waals surface area contributed by atoms with E-state index >= 15 is 0 Å². The van der Waals surface area contributed by atoms with Gasteiger partial charge < -0.3 is 20.8 Å². The Hall–Kier alpha value is -4.65. The third kappa shape index (κ3) is 3.73. The van der Waals surface area contributed by atoms with Crippen LogP contribution < -0.4 is 21.5 Å². The van der Waals surface area contributed by atoms with E-state index in [9.17, 15) is 19.8 Å². The van der Waals surface area contributed by atoms with Crippen molar-refractivity contribution in [2.45, 2.75) is 13.0 Å². The zero-order chi connectivity index (χ0) is 23.8. The summed E-state index contributed by atoms with van der Waals surface area (Å²) in [4.78, 5) is 29.1. The first-order valence-electron chi connectivity index (χ1n) is 10.8. The maximum atomic E-state index is 12.3. The van der Waals surface area contributed by atoms with E-state index in [0.717, 1.165) is 16.3 Å². The van der Waals surface area contributed by atoms with Crippen LogP contribution in [0, 0.1) is 0 Å². The Morgan fingerprint density at radius 1 is 0.853 bits per heavy atom. The van der Waals surface area contributed by atoms with Crippen molar-refractivity contribution in [1.29, 1.82) is 0 Å². The highest BCUT2D eigenvalue weighted by molar-refractivity contribution is 5.96. The zero-order valence-corrected chi connectivity index (χ0v) is 18.2. The van der Waals surface area contributed by atoms with E-state index in [0.29, 0.717) is 16.9 Å². The fourth-order valence-corrected chi connectivity index (χ4v) is 4.02. The summed E-state index contributed by atoms with van der Waals surface area (Å²) in [6, 6.07) is 20.9. The molecule has 0 radical (unpaired) electrons. The van der Waals surface area contributed by atoms with E-state index < -0.39 is 10.9 Å². The normalized spacial score (nSPS) is 12.0. The Labute approximate surface area is 194 Å². The number of aromatic nitrogens is 1. The van der Waals surface area contributed by atoms with Gasteiger partial charge in [0.05, 0.1) is 5.69 Å². The highest BCUT2D eigenvalue weighted by Crippen LogP contribution is 2.36. The Kier molecular flexibility index (Phi) is 5.22. The lowest BCUT2D eigenvalue weighted by molar-refractivity contribution is 0.474. The van der Waals surface area contributed by atoms with Crippen LogP contribution in [0.2, 0.25) is 0 Å². The minimum absolute atomic E-state index is 0.0512. The van der Waals surface area contributed by atoms with Gasteiger partial charge in [-0.05, 0) is 54.3 Å². The molecule has 7 heteroatoms. The number of aromatic hydroxyl groups is 2. The standard InChI is InChI=1S/C27H21N3O4/c1-15(17-6-4-7-19(31)13-17)29-24-25(27(34)26(24)33)30-18-9-10-22(32)21(14-18)23-20-8-3-2-5-16(20)11-12-28-23/h2-15,29-32H,1H3/t15-/m1/s1. The Morgan fingerprint density at radius 2 is 1.65 bits per heavy atom. The molecule has 4 aromatic carbocycles. The number of hydrogen-bond acceptors (Lipinski definition) is 7. The summed E-state index contributed by atoms with van der Waals surface area (Å²) >= 11 is 0.